The van der Waals surface area contributed by atoms with E-state index in [1.807, 2.05) is 60.7 Å². The normalized spacial score (nSPS) is 19.8. The van der Waals surface area contributed by atoms with E-state index in [-0.39, 0.29) is 17.0 Å². The van der Waals surface area contributed by atoms with E-state index in [0.717, 1.165) is 56.7 Å². The van der Waals surface area contributed by atoms with Gasteiger partial charge in [-0.3, -0.25) is 9.59 Å². The van der Waals surface area contributed by atoms with Gasteiger partial charge < -0.3 is 9.64 Å². The van der Waals surface area contributed by atoms with Crippen LogP contribution in [0.2, 0.25) is 0 Å². The molecule has 1 heterocycles. The number of ketones is 2. The first kappa shape index (κ1) is 23.7. The number of ether oxygens (including phenoxy) is 1. The van der Waals surface area contributed by atoms with Crippen molar-refractivity contribution in [3.05, 3.63) is 125 Å². The molecule has 39 heavy (non-hydrogen) atoms. The highest BCUT2D eigenvalue weighted by molar-refractivity contribution is 6.26. The Kier molecular flexibility index (Phi) is 5.18. The lowest BCUT2D eigenvalue weighted by molar-refractivity contribution is -0.118. The number of anilines is 1. The Morgan fingerprint density at radius 2 is 1.46 bits per heavy atom. The van der Waals surface area contributed by atoms with E-state index in [1.54, 1.807) is 7.11 Å². The summed E-state index contributed by atoms with van der Waals surface area (Å²) in [4.78, 5) is 30.6. The molecule has 4 nitrogen and oxygen atoms in total. The SMILES string of the molecule is COc1ccc(C2C3=C(CC(C)(C)CC3=O)N(c3cccc4ccccc34)C3=C2C(=O)c2ccccc23)cc1. The summed E-state index contributed by atoms with van der Waals surface area (Å²) >= 11 is 0. The van der Waals surface area contributed by atoms with Crippen LogP contribution in [0.3, 0.4) is 0 Å². The van der Waals surface area contributed by atoms with Crippen LogP contribution < -0.4 is 9.64 Å². The van der Waals surface area contributed by atoms with Gasteiger partial charge in [-0.2, -0.15) is 0 Å². The van der Waals surface area contributed by atoms with Gasteiger partial charge in [-0.05, 0) is 41.0 Å². The average molecular weight is 512 g/mol. The molecule has 0 fully saturated rings. The summed E-state index contributed by atoms with van der Waals surface area (Å²) in [5.41, 5.74) is 6.66. The van der Waals surface area contributed by atoms with E-state index in [0.29, 0.717) is 17.6 Å². The number of hydrogen-bond acceptors (Lipinski definition) is 4. The highest BCUT2D eigenvalue weighted by Gasteiger charge is 2.49. The molecule has 0 N–H and O–H groups in total. The van der Waals surface area contributed by atoms with Crippen molar-refractivity contribution < 1.29 is 14.3 Å². The van der Waals surface area contributed by atoms with Crippen molar-refractivity contribution in [2.45, 2.75) is 32.6 Å². The molecule has 0 radical (unpaired) electrons. The van der Waals surface area contributed by atoms with E-state index >= 15 is 0 Å². The van der Waals surface area contributed by atoms with Crippen molar-refractivity contribution in [1.29, 1.82) is 0 Å². The molecule has 192 valence electrons. The fourth-order valence-corrected chi connectivity index (χ4v) is 6.70. The molecule has 4 aromatic rings. The lowest BCUT2D eigenvalue weighted by Gasteiger charge is -2.45. The van der Waals surface area contributed by atoms with E-state index in [4.69, 9.17) is 4.74 Å². The zero-order valence-electron chi connectivity index (χ0n) is 22.3. The number of Topliss-reactive ketones (excluding diaryl/α,β-unsaturated/α-hetero) is 2. The summed E-state index contributed by atoms with van der Waals surface area (Å²) in [5.74, 6) is 0.418. The Balaban J connectivity index is 1.58. The maximum Gasteiger partial charge on any atom is 0.192 e. The molecule has 0 saturated carbocycles. The third kappa shape index (κ3) is 3.51. The molecule has 0 bridgehead atoms. The quantitative estimate of drug-likeness (QED) is 0.283. The van der Waals surface area contributed by atoms with Crippen molar-refractivity contribution in [2.24, 2.45) is 5.41 Å². The molecule has 0 saturated heterocycles. The zero-order chi connectivity index (χ0) is 26.9. The first-order valence-corrected chi connectivity index (χ1v) is 13.4. The van der Waals surface area contributed by atoms with Gasteiger partial charge in [-0.15, -0.1) is 0 Å². The molecule has 1 unspecified atom stereocenters. The van der Waals surface area contributed by atoms with Crippen LogP contribution in [0.5, 0.6) is 5.75 Å². The molecule has 4 aromatic carbocycles. The number of allylic oxidation sites excluding steroid dienone is 3. The second kappa shape index (κ2) is 8.54. The summed E-state index contributed by atoms with van der Waals surface area (Å²) in [5, 5.41) is 2.21. The van der Waals surface area contributed by atoms with E-state index in [2.05, 4.69) is 49.1 Å². The van der Waals surface area contributed by atoms with Crippen LogP contribution in [0.4, 0.5) is 5.69 Å². The maximum absolute atomic E-state index is 14.2. The van der Waals surface area contributed by atoms with Gasteiger partial charge in [0.05, 0.1) is 18.5 Å². The van der Waals surface area contributed by atoms with E-state index < -0.39 is 5.92 Å². The number of hydrogen-bond donors (Lipinski definition) is 0. The predicted molar refractivity (Wildman–Crippen MR) is 155 cm³/mol. The highest BCUT2D eigenvalue weighted by Crippen LogP contribution is 2.56. The minimum atomic E-state index is -0.435. The van der Waals surface area contributed by atoms with Crippen molar-refractivity contribution >= 4 is 33.7 Å². The van der Waals surface area contributed by atoms with Crippen molar-refractivity contribution in [2.75, 3.05) is 12.0 Å². The van der Waals surface area contributed by atoms with Gasteiger partial charge in [0.1, 0.15) is 5.75 Å². The van der Waals surface area contributed by atoms with Gasteiger partial charge in [-0.25, -0.2) is 0 Å². The van der Waals surface area contributed by atoms with Gasteiger partial charge in [0, 0.05) is 45.7 Å². The van der Waals surface area contributed by atoms with E-state index in [1.165, 1.54) is 0 Å². The molecule has 1 aliphatic heterocycles. The van der Waals surface area contributed by atoms with Crippen LogP contribution >= 0.6 is 0 Å². The third-order valence-electron chi connectivity index (χ3n) is 8.35. The van der Waals surface area contributed by atoms with E-state index in [9.17, 15) is 9.59 Å². The minimum absolute atomic E-state index is 0.00385. The molecule has 0 aromatic heterocycles. The molecular weight excluding hydrogens is 482 g/mol. The smallest absolute Gasteiger partial charge is 0.192 e. The average Bonchev–Trinajstić information content (AvgIpc) is 3.23. The molecule has 1 atom stereocenters. The molecular formula is C35H29NO3. The summed E-state index contributed by atoms with van der Waals surface area (Å²) in [7, 11) is 1.64. The number of fused-ring (bicyclic) bond motifs is 3. The number of rotatable bonds is 3. The van der Waals surface area contributed by atoms with Crippen molar-refractivity contribution in [3.63, 3.8) is 0 Å². The van der Waals surface area contributed by atoms with Gasteiger partial charge in [0.2, 0.25) is 0 Å². The van der Waals surface area contributed by atoms with Crippen LogP contribution in [0.25, 0.3) is 16.5 Å². The Labute approximate surface area is 228 Å². The van der Waals surface area contributed by atoms with Crippen LogP contribution in [0.15, 0.2) is 108 Å². The first-order chi connectivity index (χ1) is 18.9. The Hall–Kier alpha value is -4.44. The van der Waals surface area contributed by atoms with Gasteiger partial charge in [-0.1, -0.05) is 86.6 Å². The molecule has 0 amide bonds. The fourth-order valence-electron chi connectivity index (χ4n) is 6.70. The van der Waals surface area contributed by atoms with Gasteiger partial charge in [0.25, 0.3) is 0 Å². The molecule has 2 aliphatic carbocycles. The summed E-state index contributed by atoms with van der Waals surface area (Å²) in [6.07, 6.45) is 1.18. The van der Waals surface area contributed by atoms with Crippen LogP contribution in [0, 0.1) is 5.41 Å². The lowest BCUT2D eigenvalue weighted by Crippen LogP contribution is -2.39. The number of carbonyl (C=O) groups excluding carboxylic acids is 2. The monoisotopic (exact) mass is 511 g/mol. The first-order valence-electron chi connectivity index (χ1n) is 13.4. The van der Waals surface area contributed by atoms with Gasteiger partial charge in [0.15, 0.2) is 11.6 Å². The summed E-state index contributed by atoms with van der Waals surface area (Å²) < 4.78 is 5.42. The standard InChI is InChI=1S/C35H29NO3/c1-35(2)19-28-31(29(37)20-35)30(22-15-17-23(39-3)18-16-22)32-33(25-12-6-7-13-26(25)34(32)38)36(28)27-14-8-10-21-9-4-5-11-24(21)27/h4-18,30H,19-20H2,1-3H3. The lowest BCUT2D eigenvalue weighted by atomic mass is 9.68. The van der Waals surface area contributed by atoms with Crippen molar-refractivity contribution in [1.82, 2.24) is 0 Å². The molecule has 4 heteroatoms. The number of carbonyl (C=O) groups is 2. The highest BCUT2D eigenvalue weighted by atomic mass is 16.5. The molecule has 0 spiro atoms. The largest absolute Gasteiger partial charge is 0.497 e. The number of methoxy groups -OCH3 is 1. The topological polar surface area (TPSA) is 46.6 Å². The summed E-state index contributed by atoms with van der Waals surface area (Å²) in [6, 6.07) is 30.3. The van der Waals surface area contributed by atoms with Crippen LogP contribution in [0.1, 0.15) is 54.1 Å². The predicted octanol–water partition coefficient (Wildman–Crippen LogP) is 7.70. The van der Waals surface area contributed by atoms with Crippen LogP contribution in [-0.4, -0.2) is 18.7 Å². The number of nitrogens with zero attached hydrogens (tertiary/aromatic N) is 1. The second-order valence-electron chi connectivity index (χ2n) is 11.5. The Bertz CT molecular complexity index is 1750. The van der Waals surface area contributed by atoms with Crippen molar-refractivity contribution in [3.8, 4) is 5.75 Å². The van der Waals surface area contributed by atoms with Crippen LogP contribution in [-0.2, 0) is 4.79 Å². The Morgan fingerprint density at radius 1 is 0.769 bits per heavy atom. The second-order valence-corrected chi connectivity index (χ2v) is 11.5. The van der Waals surface area contributed by atoms with Gasteiger partial charge >= 0.3 is 0 Å². The number of benzene rings is 4. The maximum atomic E-state index is 14.2. The minimum Gasteiger partial charge on any atom is -0.497 e. The Morgan fingerprint density at radius 3 is 2.23 bits per heavy atom. The zero-order valence-corrected chi connectivity index (χ0v) is 22.3. The molecule has 7 rings (SSSR count). The molecule has 3 aliphatic rings. The third-order valence-corrected chi connectivity index (χ3v) is 8.35. The summed E-state index contributed by atoms with van der Waals surface area (Å²) in [6.45, 7) is 4.33. The fraction of sp³-hybridized carbons (Fsp3) is 0.200.